The first-order valence-corrected chi connectivity index (χ1v) is 6.20. The van der Waals surface area contributed by atoms with Gasteiger partial charge in [-0.15, -0.1) is 0 Å². The Balaban J connectivity index is 1.82. The molecule has 1 aromatic heterocycles. The van der Waals surface area contributed by atoms with Gasteiger partial charge in [-0.1, -0.05) is 29.8 Å². The van der Waals surface area contributed by atoms with Crippen molar-refractivity contribution < 1.29 is 18.7 Å². The van der Waals surface area contributed by atoms with Gasteiger partial charge >= 0.3 is 5.97 Å². The van der Waals surface area contributed by atoms with Crippen molar-refractivity contribution in [3.05, 3.63) is 59.1 Å². The molecule has 2 rings (SSSR count). The SMILES string of the molecule is O=C(OCCOc1ccccc1)c1cc(F)cnc1Cl. The molecule has 0 fully saturated rings. The lowest BCUT2D eigenvalue weighted by Gasteiger charge is -2.07. The van der Waals surface area contributed by atoms with E-state index in [0.717, 1.165) is 12.3 Å². The normalized spacial score (nSPS) is 10.1. The quantitative estimate of drug-likeness (QED) is 0.483. The lowest BCUT2D eigenvalue weighted by atomic mass is 10.3. The summed E-state index contributed by atoms with van der Waals surface area (Å²) >= 11 is 5.69. The lowest BCUT2D eigenvalue weighted by Crippen LogP contribution is -2.13. The van der Waals surface area contributed by atoms with Crippen LogP contribution in [0.3, 0.4) is 0 Å². The molecule has 0 aliphatic carbocycles. The smallest absolute Gasteiger partial charge is 0.341 e. The maximum absolute atomic E-state index is 13.0. The number of halogens is 2. The van der Waals surface area contributed by atoms with Gasteiger partial charge < -0.3 is 9.47 Å². The van der Waals surface area contributed by atoms with Crippen LogP contribution < -0.4 is 4.74 Å². The molecule has 4 nitrogen and oxygen atoms in total. The van der Waals surface area contributed by atoms with E-state index < -0.39 is 11.8 Å². The minimum Gasteiger partial charge on any atom is -0.490 e. The number of aromatic nitrogens is 1. The Morgan fingerprint density at radius 2 is 2.00 bits per heavy atom. The molecule has 2 aromatic rings. The van der Waals surface area contributed by atoms with E-state index in [1.54, 1.807) is 12.1 Å². The molecule has 1 heterocycles. The topological polar surface area (TPSA) is 48.4 Å². The van der Waals surface area contributed by atoms with Crippen LogP contribution in [0.4, 0.5) is 4.39 Å². The molecule has 0 aliphatic rings. The van der Waals surface area contributed by atoms with E-state index >= 15 is 0 Å². The summed E-state index contributed by atoms with van der Waals surface area (Å²) in [6.45, 7) is 0.219. The van der Waals surface area contributed by atoms with Crippen LogP contribution in [0.25, 0.3) is 0 Å². The second kappa shape index (κ2) is 6.86. The molecule has 0 amide bonds. The molecule has 0 saturated carbocycles. The first kappa shape index (κ1) is 14.3. The van der Waals surface area contributed by atoms with Crippen molar-refractivity contribution in [1.29, 1.82) is 0 Å². The van der Waals surface area contributed by atoms with Crippen LogP contribution in [0.1, 0.15) is 10.4 Å². The summed E-state index contributed by atoms with van der Waals surface area (Å²) in [5.41, 5.74) is -0.105. The average Bonchev–Trinajstić information content (AvgIpc) is 2.47. The van der Waals surface area contributed by atoms with Crippen molar-refractivity contribution in [3.63, 3.8) is 0 Å². The van der Waals surface area contributed by atoms with E-state index in [4.69, 9.17) is 21.1 Å². The first-order valence-electron chi connectivity index (χ1n) is 5.83. The molecule has 6 heteroatoms. The van der Waals surface area contributed by atoms with Crippen molar-refractivity contribution in [2.45, 2.75) is 0 Å². The van der Waals surface area contributed by atoms with E-state index in [9.17, 15) is 9.18 Å². The minimum atomic E-state index is -0.737. The number of hydrogen-bond acceptors (Lipinski definition) is 4. The molecular weight excluding hydrogens is 285 g/mol. The summed E-state index contributed by atoms with van der Waals surface area (Å²) < 4.78 is 23.2. The molecule has 1 aromatic carbocycles. The molecular formula is C14H11ClFNO3. The third kappa shape index (κ3) is 3.93. The predicted octanol–water partition coefficient (Wildman–Crippen LogP) is 3.11. The largest absolute Gasteiger partial charge is 0.490 e. The number of ether oxygens (including phenoxy) is 2. The van der Waals surface area contributed by atoms with Crippen LogP contribution >= 0.6 is 11.6 Å². The van der Waals surface area contributed by atoms with Crippen LogP contribution in [0.5, 0.6) is 5.75 Å². The molecule has 0 N–H and O–H groups in total. The zero-order chi connectivity index (χ0) is 14.4. The van der Waals surface area contributed by atoms with Gasteiger partial charge in [0.15, 0.2) is 0 Å². The summed E-state index contributed by atoms with van der Waals surface area (Å²) in [6, 6.07) is 10.1. The van der Waals surface area contributed by atoms with E-state index in [0.29, 0.717) is 5.75 Å². The van der Waals surface area contributed by atoms with Gasteiger partial charge in [0.1, 0.15) is 29.9 Å². The molecule has 0 saturated heterocycles. The summed E-state index contributed by atoms with van der Waals surface area (Å²) in [7, 11) is 0. The maximum atomic E-state index is 13.0. The minimum absolute atomic E-state index is 0.0283. The van der Waals surface area contributed by atoms with Gasteiger partial charge in [-0.2, -0.15) is 0 Å². The highest BCUT2D eigenvalue weighted by Crippen LogP contribution is 2.15. The number of para-hydroxylation sites is 1. The monoisotopic (exact) mass is 295 g/mol. The zero-order valence-corrected chi connectivity index (χ0v) is 11.1. The molecule has 104 valence electrons. The highest BCUT2D eigenvalue weighted by atomic mass is 35.5. The van der Waals surface area contributed by atoms with E-state index in [1.165, 1.54) is 0 Å². The fourth-order valence-electron chi connectivity index (χ4n) is 1.45. The van der Waals surface area contributed by atoms with Gasteiger partial charge in [-0.25, -0.2) is 14.2 Å². The van der Waals surface area contributed by atoms with Crippen LogP contribution in [-0.4, -0.2) is 24.2 Å². The molecule has 0 radical (unpaired) electrons. The third-order valence-corrected chi connectivity index (χ3v) is 2.66. The summed E-state index contributed by atoms with van der Waals surface area (Å²) in [4.78, 5) is 15.2. The maximum Gasteiger partial charge on any atom is 0.341 e. The number of hydrogen-bond donors (Lipinski definition) is 0. The number of carbonyl (C=O) groups excluding carboxylic acids is 1. The van der Waals surface area contributed by atoms with Crippen molar-refractivity contribution in [3.8, 4) is 5.75 Å². The van der Waals surface area contributed by atoms with Crippen molar-refractivity contribution in [2.75, 3.05) is 13.2 Å². The van der Waals surface area contributed by atoms with Crippen LogP contribution in [0.15, 0.2) is 42.6 Å². The van der Waals surface area contributed by atoms with E-state index in [-0.39, 0.29) is 23.9 Å². The van der Waals surface area contributed by atoms with Crippen molar-refractivity contribution in [2.24, 2.45) is 0 Å². The molecule has 0 atom stereocenters. The standard InChI is InChI=1S/C14H11ClFNO3/c15-13-12(8-10(16)9-17-13)14(18)20-7-6-19-11-4-2-1-3-5-11/h1-5,8-9H,6-7H2. The summed E-state index contributed by atoms with van der Waals surface area (Å²) in [6.07, 6.45) is 0.928. The highest BCUT2D eigenvalue weighted by Gasteiger charge is 2.14. The molecule has 0 unspecified atom stereocenters. The van der Waals surface area contributed by atoms with E-state index in [1.807, 2.05) is 18.2 Å². The average molecular weight is 296 g/mol. The third-order valence-electron chi connectivity index (χ3n) is 2.35. The zero-order valence-electron chi connectivity index (χ0n) is 10.4. The number of carbonyl (C=O) groups is 1. The van der Waals surface area contributed by atoms with Gasteiger partial charge in [-0.3, -0.25) is 0 Å². The van der Waals surface area contributed by atoms with Gasteiger partial charge in [0, 0.05) is 0 Å². The van der Waals surface area contributed by atoms with Crippen LogP contribution in [0.2, 0.25) is 5.15 Å². The molecule has 20 heavy (non-hydrogen) atoms. The number of nitrogens with zero attached hydrogens (tertiary/aromatic N) is 1. The van der Waals surface area contributed by atoms with Crippen LogP contribution in [-0.2, 0) is 4.74 Å². The van der Waals surface area contributed by atoms with Crippen molar-refractivity contribution in [1.82, 2.24) is 4.98 Å². The Hall–Kier alpha value is -2.14. The second-order valence-corrected chi connectivity index (χ2v) is 4.15. The van der Waals surface area contributed by atoms with Gasteiger partial charge in [0.25, 0.3) is 0 Å². The Morgan fingerprint density at radius 3 is 2.75 bits per heavy atom. The number of benzene rings is 1. The van der Waals surface area contributed by atoms with Gasteiger partial charge in [0.2, 0.25) is 0 Å². The number of esters is 1. The van der Waals surface area contributed by atoms with E-state index in [2.05, 4.69) is 4.98 Å². The lowest BCUT2D eigenvalue weighted by molar-refractivity contribution is 0.0449. The predicted molar refractivity (Wildman–Crippen MR) is 71.4 cm³/mol. The number of rotatable bonds is 5. The Kier molecular flexibility index (Phi) is 4.90. The Morgan fingerprint density at radius 1 is 1.25 bits per heavy atom. The highest BCUT2D eigenvalue weighted by molar-refractivity contribution is 6.32. The fraction of sp³-hybridized carbons (Fsp3) is 0.143. The number of pyridine rings is 1. The molecule has 0 spiro atoms. The molecule has 0 aliphatic heterocycles. The Bertz CT molecular complexity index is 592. The van der Waals surface area contributed by atoms with Gasteiger partial charge in [-0.05, 0) is 18.2 Å². The van der Waals surface area contributed by atoms with Crippen LogP contribution in [0, 0.1) is 5.82 Å². The Labute approximate surface area is 120 Å². The second-order valence-electron chi connectivity index (χ2n) is 3.79. The first-order chi connectivity index (χ1) is 9.66. The van der Waals surface area contributed by atoms with Crippen molar-refractivity contribution >= 4 is 17.6 Å². The van der Waals surface area contributed by atoms with Gasteiger partial charge in [0.05, 0.1) is 11.8 Å². The molecule has 0 bridgehead atoms. The summed E-state index contributed by atoms with van der Waals surface area (Å²) in [5.74, 6) is -0.713. The fourth-order valence-corrected chi connectivity index (χ4v) is 1.63. The summed E-state index contributed by atoms with van der Waals surface area (Å²) in [5, 5.41) is -0.0969.